The van der Waals surface area contributed by atoms with Crippen molar-refractivity contribution in [3.8, 4) is 0 Å². The summed E-state index contributed by atoms with van der Waals surface area (Å²) in [5.41, 5.74) is 3.56. The summed E-state index contributed by atoms with van der Waals surface area (Å²) in [7, 11) is 0. The monoisotopic (exact) mass is 259 g/mol. The van der Waals surface area contributed by atoms with E-state index in [0.717, 1.165) is 17.2 Å². The molecule has 20 heavy (non-hydrogen) atoms. The quantitative estimate of drug-likeness (QED) is 0.476. The molecule has 0 unspecified atom stereocenters. The summed E-state index contributed by atoms with van der Waals surface area (Å²) in [5.74, 6) is 0. The van der Waals surface area contributed by atoms with Crippen LogP contribution >= 0.6 is 0 Å². The van der Waals surface area contributed by atoms with Crippen LogP contribution in [0.2, 0.25) is 0 Å². The van der Waals surface area contributed by atoms with Gasteiger partial charge in [0.15, 0.2) is 0 Å². The molecule has 0 amide bonds. The van der Waals surface area contributed by atoms with Gasteiger partial charge in [-0.1, -0.05) is 59.8 Å². The topological polar surface area (TPSA) is 32.6 Å². The van der Waals surface area contributed by atoms with Gasteiger partial charge in [-0.15, -0.1) is 0 Å². The van der Waals surface area contributed by atoms with Gasteiger partial charge in [0, 0.05) is 5.57 Å². The summed E-state index contributed by atoms with van der Waals surface area (Å²) in [6.07, 6.45) is 13.0. The highest BCUT2D eigenvalue weighted by Gasteiger charge is 2.11. The molecule has 0 aliphatic heterocycles. The molecule has 0 radical (unpaired) electrons. The third kappa shape index (κ3) is 1.48. The fourth-order valence-corrected chi connectivity index (χ4v) is 3.12. The van der Waals surface area contributed by atoms with Gasteiger partial charge < -0.3 is 5.21 Å². The summed E-state index contributed by atoms with van der Waals surface area (Å²) in [6, 6.07) is 8.67. The molecule has 2 aromatic rings. The normalized spacial score (nSPS) is 15.7. The Labute approximate surface area is 116 Å². The fraction of sp³-hybridized carbons (Fsp3) is 0.0556. The van der Waals surface area contributed by atoms with E-state index in [1.54, 1.807) is 0 Å². The lowest BCUT2D eigenvalue weighted by Crippen LogP contribution is -2.13. The number of hydrogen-bond acceptors (Lipinski definition) is 2. The fourth-order valence-electron chi connectivity index (χ4n) is 3.12. The molecule has 96 valence electrons. The number of nitrogens with zero attached hydrogens (tertiary/aromatic N) is 1. The van der Waals surface area contributed by atoms with E-state index in [4.69, 9.17) is 5.21 Å². The van der Waals surface area contributed by atoms with Crippen molar-refractivity contribution in [1.29, 1.82) is 0 Å². The van der Waals surface area contributed by atoms with E-state index in [0.29, 0.717) is 0 Å². The highest BCUT2D eigenvalue weighted by atomic mass is 16.4. The van der Waals surface area contributed by atoms with E-state index in [2.05, 4.69) is 53.7 Å². The molecule has 0 aromatic heterocycles. The van der Waals surface area contributed by atoms with E-state index >= 15 is 0 Å². The summed E-state index contributed by atoms with van der Waals surface area (Å²) in [4.78, 5) is 0. The van der Waals surface area contributed by atoms with Gasteiger partial charge in [0.2, 0.25) is 0 Å². The Bertz CT molecular complexity index is 930. The molecule has 0 atom stereocenters. The second-order valence-electron chi connectivity index (χ2n) is 5.09. The van der Waals surface area contributed by atoms with E-state index in [1.807, 2.05) is 6.08 Å². The largest absolute Gasteiger partial charge is 0.411 e. The van der Waals surface area contributed by atoms with Gasteiger partial charge in [0.1, 0.15) is 0 Å². The Morgan fingerprint density at radius 3 is 2.85 bits per heavy atom. The minimum absolute atomic E-state index is 0.952. The van der Waals surface area contributed by atoms with Gasteiger partial charge in [-0.3, -0.25) is 0 Å². The minimum Gasteiger partial charge on any atom is -0.411 e. The SMILES string of the molecule is O/N=C/C1=c2ccc3c4c(ccc3c2C=C1)=CC=CC4. The van der Waals surface area contributed by atoms with Crippen LogP contribution in [0.3, 0.4) is 0 Å². The Morgan fingerprint density at radius 2 is 1.95 bits per heavy atom. The molecule has 0 saturated carbocycles. The number of benzene rings is 2. The molecule has 2 nitrogen and oxygen atoms in total. The lowest BCUT2D eigenvalue weighted by atomic mass is 9.94. The first-order chi connectivity index (χ1) is 9.88. The zero-order valence-corrected chi connectivity index (χ0v) is 10.9. The number of hydrogen-bond donors (Lipinski definition) is 1. The molecule has 0 saturated heterocycles. The third-order valence-electron chi connectivity index (χ3n) is 4.06. The van der Waals surface area contributed by atoms with Crippen molar-refractivity contribution in [1.82, 2.24) is 0 Å². The molecule has 0 bridgehead atoms. The molecule has 4 rings (SSSR count). The molecule has 1 N–H and O–H groups in total. The van der Waals surface area contributed by atoms with Crippen LogP contribution in [0.25, 0.3) is 28.5 Å². The van der Waals surface area contributed by atoms with E-state index < -0.39 is 0 Å². The highest BCUT2D eigenvalue weighted by molar-refractivity contribution is 6.12. The summed E-state index contributed by atoms with van der Waals surface area (Å²) in [6.45, 7) is 0. The van der Waals surface area contributed by atoms with E-state index in [9.17, 15) is 0 Å². The molecule has 2 heteroatoms. The van der Waals surface area contributed by atoms with Crippen molar-refractivity contribution in [2.24, 2.45) is 5.16 Å². The van der Waals surface area contributed by atoms with Crippen molar-refractivity contribution < 1.29 is 5.21 Å². The number of rotatable bonds is 1. The van der Waals surface area contributed by atoms with Gasteiger partial charge in [-0.25, -0.2) is 0 Å². The van der Waals surface area contributed by atoms with Crippen LogP contribution in [0.1, 0.15) is 11.1 Å². The van der Waals surface area contributed by atoms with Crippen LogP contribution < -0.4 is 10.4 Å². The smallest absolute Gasteiger partial charge is 0.0740 e. The lowest BCUT2D eigenvalue weighted by molar-refractivity contribution is 0.322. The lowest BCUT2D eigenvalue weighted by Gasteiger charge is -2.10. The van der Waals surface area contributed by atoms with Crippen LogP contribution in [0.5, 0.6) is 0 Å². The zero-order valence-electron chi connectivity index (χ0n) is 10.9. The van der Waals surface area contributed by atoms with Gasteiger partial charge in [0.25, 0.3) is 0 Å². The zero-order chi connectivity index (χ0) is 13.5. The van der Waals surface area contributed by atoms with Crippen LogP contribution in [0.4, 0.5) is 0 Å². The predicted molar refractivity (Wildman–Crippen MR) is 83.2 cm³/mol. The maximum Gasteiger partial charge on any atom is 0.0740 e. The second-order valence-corrected chi connectivity index (χ2v) is 5.09. The average Bonchev–Trinajstić information content (AvgIpc) is 2.91. The molecule has 0 spiro atoms. The standard InChI is InChI=1S/C18H13NO/c20-19-11-13-6-8-16-15(13)9-10-17-14-4-2-1-3-12(14)5-7-18(16)17/h1-3,5-11,20H,4H2/b19-11+. The molecule has 0 fully saturated rings. The van der Waals surface area contributed by atoms with Crippen LogP contribution in [0, 0.1) is 0 Å². The number of fused-ring (bicyclic) bond motifs is 5. The predicted octanol–water partition coefficient (Wildman–Crippen LogP) is 2.37. The van der Waals surface area contributed by atoms with Crippen molar-refractivity contribution in [2.45, 2.75) is 6.42 Å². The van der Waals surface area contributed by atoms with E-state index in [-0.39, 0.29) is 0 Å². The Hall–Kier alpha value is -2.61. The van der Waals surface area contributed by atoms with Crippen LogP contribution in [0.15, 0.2) is 47.6 Å². The maximum absolute atomic E-state index is 8.73. The second kappa shape index (κ2) is 4.20. The molecule has 2 aliphatic rings. The molecule has 0 heterocycles. The molecular formula is C18H13NO. The molecule has 2 aromatic carbocycles. The van der Waals surface area contributed by atoms with Gasteiger partial charge in [-0.05, 0) is 38.8 Å². The van der Waals surface area contributed by atoms with Gasteiger partial charge >= 0.3 is 0 Å². The van der Waals surface area contributed by atoms with Gasteiger partial charge in [0.05, 0.1) is 6.21 Å². The first-order valence-corrected chi connectivity index (χ1v) is 6.70. The van der Waals surface area contributed by atoms with Crippen molar-refractivity contribution in [2.75, 3.05) is 0 Å². The summed E-state index contributed by atoms with van der Waals surface area (Å²) < 4.78 is 0. The van der Waals surface area contributed by atoms with Gasteiger partial charge in [-0.2, -0.15) is 0 Å². The first kappa shape index (κ1) is 11.2. The minimum atomic E-state index is 0.952. The molecular weight excluding hydrogens is 246 g/mol. The van der Waals surface area contributed by atoms with Crippen molar-refractivity contribution in [3.05, 3.63) is 64.1 Å². The third-order valence-corrected chi connectivity index (χ3v) is 4.06. The van der Waals surface area contributed by atoms with Crippen LogP contribution in [-0.2, 0) is 6.42 Å². The first-order valence-electron chi connectivity index (χ1n) is 6.70. The Kier molecular flexibility index (Phi) is 2.36. The Balaban J connectivity index is 2.12. The summed E-state index contributed by atoms with van der Waals surface area (Å²) >= 11 is 0. The number of oxime groups is 1. The van der Waals surface area contributed by atoms with Crippen molar-refractivity contribution >= 4 is 34.7 Å². The molecule has 2 aliphatic carbocycles. The van der Waals surface area contributed by atoms with Crippen molar-refractivity contribution in [3.63, 3.8) is 0 Å². The Morgan fingerprint density at radius 1 is 1.05 bits per heavy atom. The highest BCUT2D eigenvalue weighted by Crippen LogP contribution is 2.23. The maximum atomic E-state index is 8.73. The average molecular weight is 259 g/mol. The van der Waals surface area contributed by atoms with Crippen LogP contribution in [-0.4, -0.2) is 11.4 Å². The number of allylic oxidation sites excluding steroid dienone is 3. The summed E-state index contributed by atoms with van der Waals surface area (Å²) in [5, 5.41) is 16.9. The van der Waals surface area contributed by atoms with E-state index in [1.165, 1.54) is 33.3 Å².